The lowest BCUT2D eigenvalue weighted by atomic mass is 10.2. The number of nitrogens with zero attached hydrogens (tertiary/aromatic N) is 1. The highest BCUT2D eigenvalue weighted by molar-refractivity contribution is 7.89. The van der Waals surface area contributed by atoms with Gasteiger partial charge in [-0.05, 0) is 6.07 Å². The van der Waals surface area contributed by atoms with E-state index in [1.807, 2.05) is 0 Å². The number of halogens is 2. The molecule has 0 atom stereocenters. The summed E-state index contributed by atoms with van der Waals surface area (Å²) in [6, 6.07) is 2.42. The third-order valence-electron chi connectivity index (χ3n) is 2.32. The molecule has 0 aliphatic carbocycles. The Kier molecular flexibility index (Phi) is 4.78. The van der Waals surface area contributed by atoms with Gasteiger partial charge in [0.2, 0.25) is 10.0 Å². The molecule has 0 aliphatic rings. The zero-order valence-corrected chi connectivity index (χ0v) is 11.6. The number of anilines is 2. The maximum absolute atomic E-state index is 13.2. The largest absolute Gasteiger partial charge is 0.397 e. The molecule has 0 fully saturated rings. The fourth-order valence-electron chi connectivity index (χ4n) is 1.21. The predicted octanol–water partition coefficient (Wildman–Crippen LogP) is 1.36. The molecule has 0 heterocycles. The van der Waals surface area contributed by atoms with Crippen molar-refractivity contribution in [2.45, 2.75) is 0 Å². The molecule has 0 aliphatic heterocycles. The van der Waals surface area contributed by atoms with Crippen LogP contribution in [0.1, 0.15) is 0 Å². The van der Waals surface area contributed by atoms with Gasteiger partial charge in [0.25, 0.3) is 0 Å². The van der Waals surface area contributed by atoms with Gasteiger partial charge >= 0.3 is 0 Å². The summed E-state index contributed by atoms with van der Waals surface area (Å²) in [7, 11) is -0.389. The first kappa shape index (κ1) is 15.0. The first-order valence-electron chi connectivity index (χ1n) is 5.12. The van der Waals surface area contributed by atoms with Crippen molar-refractivity contribution in [2.75, 3.05) is 37.4 Å². The molecule has 0 radical (unpaired) electrons. The van der Waals surface area contributed by atoms with Crippen molar-refractivity contribution in [1.82, 2.24) is 4.31 Å². The maximum Gasteiger partial charge on any atom is 0.215 e. The molecular weight excluding hydrogens is 281 g/mol. The summed E-state index contributed by atoms with van der Waals surface area (Å²) in [6.45, 7) is 0.131. The van der Waals surface area contributed by atoms with Crippen LogP contribution in [0, 0.1) is 5.82 Å². The molecule has 5 nitrogen and oxygen atoms in total. The van der Waals surface area contributed by atoms with Gasteiger partial charge in [0, 0.05) is 26.7 Å². The van der Waals surface area contributed by atoms with Crippen LogP contribution in [0.4, 0.5) is 15.8 Å². The van der Waals surface area contributed by atoms with E-state index >= 15 is 0 Å². The Bertz CT molecular complexity index is 534. The van der Waals surface area contributed by atoms with E-state index in [1.165, 1.54) is 20.2 Å². The molecule has 1 aromatic rings. The average Bonchev–Trinajstić information content (AvgIpc) is 2.25. The van der Waals surface area contributed by atoms with Crippen molar-refractivity contribution in [2.24, 2.45) is 0 Å². The molecule has 0 aromatic heterocycles. The van der Waals surface area contributed by atoms with Crippen molar-refractivity contribution >= 4 is 33.0 Å². The lowest BCUT2D eigenvalue weighted by Crippen LogP contribution is -2.28. The van der Waals surface area contributed by atoms with Crippen molar-refractivity contribution in [1.29, 1.82) is 0 Å². The van der Waals surface area contributed by atoms with Crippen LogP contribution in [0.5, 0.6) is 0 Å². The molecule has 102 valence electrons. The van der Waals surface area contributed by atoms with Gasteiger partial charge in [0.1, 0.15) is 5.82 Å². The number of hydrogen-bond acceptors (Lipinski definition) is 4. The number of nitrogens with one attached hydrogen (secondary N) is 1. The minimum Gasteiger partial charge on any atom is -0.397 e. The highest BCUT2D eigenvalue weighted by atomic mass is 35.5. The number of sulfonamides is 1. The van der Waals surface area contributed by atoms with Crippen molar-refractivity contribution in [3.05, 3.63) is 23.0 Å². The number of rotatable bonds is 5. The molecule has 3 N–H and O–H groups in total. The van der Waals surface area contributed by atoms with Gasteiger partial charge < -0.3 is 11.1 Å². The fraction of sp³-hybridized carbons (Fsp3) is 0.400. The summed E-state index contributed by atoms with van der Waals surface area (Å²) in [5, 5.41) is 2.69. The van der Waals surface area contributed by atoms with Crippen LogP contribution >= 0.6 is 11.6 Å². The minimum absolute atomic E-state index is 0.0704. The normalized spacial score (nSPS) is 11.8. The Labute approximate surface area is 111 Å². The first-order valence-corrected chi connectivity index (χ1v) is 7.11. The van der Waals surface area contributed by atoms with Crippen LogP contribution in [0.25, 0.3) is 0 Å². The Balaban J connectivity index is 2.68. The summed E-state index contributed by atoms with van der Waals surface area (Å²) in [5.74, 6) is -0.715. The van der Waals surface area contributed by atoms with Crippen molar-refractivity contribution in [3.63, 3.8) is 0 Å². The Hall–Kier alpha value is -1.05. The van der Waals surface area contributed by atoms with E-state index in [0.29, 0.717) is 5.69 Å². The summed E-state index contributed by atoms with van der Waals surface area (Å²) in [5.41, 5.74) is 6.22. The molecule has 18 heavy (non-hydrogen) atoms. The zero-order chi connectivity index (χ0) is 13.9. The highest BCUT2D eigenvalue weighted by Crippen LogP contribution is 2.25. The number of benzene rings is 1. The predicted molar refractivity (Wildman–Crippen MR) is 71.8 cm³/mol. The molecule has 0 saturated carbocycles. The first-order chi connectivity index (χ1) is 8.24. The summed E-state index contributed by atoms with van der Waals surface area (Å²) in [4.78, 5) is 0. The zero-order valence-electron chi connectivity index (χ0n) is 10.1. The second kappa shape index (κ2) is 5.73. The maximum atomic E-state index is 13.2. The van der Waals surface area contributed by atoms with Gasteiger partial charge in [-0.25, -0.2) is 17.1 Å². The fourth-order valence-corrected chi connectivity index (χ4v) is 2.11. The van der Waals surface area contributed by atoms with E-state index in [0.717, 1.165) is 10.4 Å². The topological polar surface area (TPSA) is 75.4 Å². The molecule has 0 saturated heterocycles. The van der Waals surface area contributed by atoms with E-state index in [-0.39, 0.29) is 23.0 Å². The summed E-state index contributed by atoms with van der Waals surface area (Å²) >= 11 is 5.55. The summed E-state index contributed by atoms with van der Waals surface area (Å²) < 4.78 is 37.3. The third kappa shape index (κ3) is 3.72. The number of hydrogen-bond donors (Lipinski definition) is 2. The Morgan fingerprint density at radius 3 is 2.61 bits per heavy atom. The highest BCUT2D eigenvalue weighted by Gasteiger charge is 2.13. The van der Waals surface area contributed by atoms with Gasteiger partial charge in [-0.15, -0.1) is 0 Å². The average molecular weight is 296 g/mol. The standard InChI is InChI=1S/C10H15ClFN3O2S/c1-15(2)18(16,17)4-3-14-10-6-8(12)7(11)5-9(10)13/h5-6,14H,3-4,13H2,1-2H3. The quantitative estimate of drug-likeness (QED) is 0.805. The molecular formula is C10H15ClFN3O2S. The molecule has 0 unspecified atom stereocenters. The molecule has 1 aromatic carbocycles. The number of nitrogens with two attached hydrogens (primary N) is 1. The van der Waals surface area contributed by atoms with Crippen LogP contribution in [0.15, 0.2) is 12.1 Å². The smallest absolute Gasteiger partial charge is 0.215 e. The van der Waals surface area contributed by atoms with Gasteiger partial charge in [0.15, 0.2) is 0 Å². The SMILES string of the molecule is CN(C)S(=O)(=O)CCNc1cc(F)c(Cl)cc1N. The summed E-state index contributed by atoms with van der Waals surface area (Å²) in [6.07, 6.45) is 0. The molecule has 0 bridgehead atoms. The van der Waals surface area contributed by atoms with E-state index in [9.17, 15) is 12.8 Å². The van der Waals surface area contributed by atoms with Crippen LogP contribution < -0.4 is 11.1 Å². The van der Waals surface area contributed by atoms with Gasteiger partial charge in [-0.1, -0.05) is 11.6 Å². The van der Waals surface area contributed by atoms with Crippen molar-refractivity contribution in [3.8, 4) is 0 Å². The van der Waals surface area contributed by atoms with Crippen LogP contribution in [0.2, 0.25) is 5.02 Å². The molecule has 1 rings (SSSR count). The monoisotopic (exact) mass is 295 g/mol. The second-order valence-electron chi connectivity index (χ2n) is 3.88. The number of nitrogen functional groups attached to an aromatic ring is 1. The second-order valence-corrected chi connectivity index (χ2v) is 6.59. The third-order valence-corrected chi connectivity index (χ3v) is 4.45. The van der Waals surface area contributed by atoms with Crippen LogP contribution in [-0.4, -0.2) is 39.1 Å². The van der Waals surface area contributed by atoms with Crippen LogP contribution in [-0.2, 0) is 10.0 Å². The van der Waals surface area contributed by atoms with Crippen LogP contribution in [0.3, 0.4) is 0 Å². The molecule has 0 spiro atoms. The Morgan fingerprint density at radius 2 is 2.06 bits per heavy atom. The van der Waals surface area contributed by atoms with E-state index < -0.39 is 15.8 Å². The van der Waals surface area contributed by atoms with E-state index in [4.69, 9.17) is 17.3 Å². The lowest BCUT2D eigenvalue weighted by molar-refractivity contribution is 0.521. The minimum atomic E-state index is -3.29. The van der Waals surface area contributed by atoms with Gasteiger partial charge in [-0.2, -0.15) is 0 Å². The van der Waals surface area contributed by atoms with E-state index in [1.54, 1.807) is 0 Å². The van der Waals surface area contributed by atoms with Gasteiger partial charge in [-0.3, -0.25) is 0 Å². The molecule has 0 amide bonds. The van der Waals surface area contributed by atoms with Gasteiger partial charge in [0.05, 0.1) is 22.2 Å². The molecule has 8 heteroatoms. The van der Waals surface area contributed by atoms with Crippen molar-refractivity contribution < 1.29 is 12.8 Å². The lowest BCUT2D eigenvalue weighted by Gasteiger charge is -2.13. The Morgan fingerprint density at radius 1 is 1.44 bits per heavy atom. The van der Waals surface area contributed by atoms with E-state index in [2.05, 4.69) is 5.32 Å².